The number of halogens is 1. The van der Waals surface area contributed by atoms with E-state index in [9.17, 15) is 0 Å². The Kier molecular flexibility index (Phi) is 2.64. The van der Waals surface area contributed by atoms with Gasteiger partial charge in [-0.05, 0) is 30.0 Å². The van der Waals surface area contributed by atoms with Gasteiger partial charge in [0.15, 0.2) is 0 Å². The Labute approximate surface area is 82.5 Å². The largest absolute Gasteiger partial charge is 0.370 e. The Morgan fingerprint density at radius 2 is 2.38 bits per heavy atom. The lowest BCUT2D eigenvalue weighted by molar-refractivity contribution is 0.758. The summed E-state index contributed by atoms with van der Waals surface area (Å²) >= 11 is 5.64. The molecule has 3 nitrogen and oxygen atoms in total. The van der Waals surface area contributed by atoms with E-state index < -0.39 is 0 Å². The summed E-state index contributed by atoms with van der Waals surface area (Å²) in [5.74, 6) is 1.77. The number of hydrogen-bond acceptors (Lipinski definition) is 3. The monoisotopic (exact) mass is 197 g/mol. The van der Waals surface area contributed by atoms with Crippen LogP contribution in [0.4, 0.5) is 5.82 Å². The van der Waals surface area contributed by atoms with Gasteiger partial charge in [-0.1, -0.05) is 12.8 Å². The van der Waals surface area contributed by atoms with Crippen LogP contribution in [0.3, 0.4) is 0 Å². The Hall–Kier alpha value is -0.830. The summed E-state index contributed by atoms with van der Waals surface area (Å²) in [6.45, 7) is 0.984. The predicted octanol–water partition coefficient (Wildman–Crippen LogP) is 2.34. The second-order valence-electron chi connectivity index (χ2n) is 3.37. The van der Waals surface area contributed by atoms with Gasteiger partial charge in [0.25, 0.3) is 0 Å². The van der Waals surface area contributed by atoms with Gasteiger partial charge in [-0.25, -0.2) is 9.97 Å². The molecule has 0 saturated heterocycles. The van der Waals surface area contributed by atoms with Crippen molar-refractivity contribution < 1.29 is 0 Å². The van der Waals surface area contributed by atoms with Crippen molar-refractivity contribution in [2.24, 2.45) is 5.92 Å². The van der Waals surface area contributed by atoms with Crippen molar-refractivity contribution in [3.63, 3.8) is 0 Å². The van der Waals surface area contributed by atoms with Crippen molar-refractivity contribution in [3.05, 3.63) is 17.5 Å². The molecule has 1 aromatic heterocycles. The van der Waals surface area contributed by atoms with Crippen LogP contribution in [0.5, 0.6) is 0 Å². The minimum absolute atomic E-state index is 0.302. The summed E-state index contributed by atoms with van der Waals surface area (Å²) < 4.78 is 0. The van der Waals surface area contributed by atoms with Gasteiger partial charge in [-0.15, -0.1) is 0 Å². The van der Waals surface area contributed by atoms with E-state index in [0.29, 0.717) is 5.28 Å². The zero-order chi connectivity index (χ0) is 9.10. The second-order valence-corrected chi connectivity index (χ2v) is 3.71. The summed E-state index contributed by atoms with van der Waals surface area (Å²) in [6, 6.07) is 1.83. The predicted molar refractivity (Wildman–Crippen MR) is 52.9 cm³/mol. The van der Waals surface area contributed by atoms with Crippen LogP contribution in [0.1, 0.15) is 19.3 Å². The fraction of sp³-hybridized carbons (Fsp3) is 0.556. The normalized spacial score (nSPS) is 15.8. The van der Waals surface area contributed by atoms with Crippen LogP contribution < -0.4 is 5.32 Å². The lowest BCUT2D eigenvalue weighted by Gasteiger charge is -2.03. The highest BCUT2D eigenvalue weighted by Gasteiger charge is 2.20. The van der Waals surface area contributed by atoms with Crippen molar-refractivity contribution in [1.29, 1.82) is 0 Å². The molecule has 70 valence electrons. The highest BCUT2D eigenvalue weighted by atomic mass is 35.5. The van der Waals surface area contributed by atoms with Gasteiger partial charge < -0.3 is 5.32 Å². The number of anilines is 1. The summed E-state index contributed by atoms with van der Waals surface area (Å²) in [5.41, 5.74) is 0. The van der Waals surface area contributed by atoms with Crippen LogP contribution in [-0.2, 0) is 0 Å². The quantitative estimate of drug-likeness (QED) is 0.753. The molecule has 1 N–H and O–H groups in total. The molecule has 0 amide bonds. The minimum Gasteiger partial charge on any atom is -0.370 e. The molecule has 0 radical (unpaired) electrons. The molecule has 13 heavy (non-hydrogen) atoms. The van der Waals surface area contributed by atoms with Crippen LogP contribution in [0.25, 0.3) is 0 Å². The maximum absolute atomic E-state index is 5.64. The molecule has 0 aromatic carbocycles. The first-order chi connectivity index (χ1) is 6.34. The van der Waals surface area contributed by atoms with Gasteiger partial charge in [-0.3, -0.25) is 0 Å². The average molecular weight is 198 g/mol. The molecule has 2 rings (SSSR count). The van der Waals surface area contributed by atoms with E-state index in [1.54, 1.807) is 6.20 Å². The van der Waals surface area contributed by atoms with Crippen molar-refractivity contribution in [3.8, 4) is 0 Å². The average Bonchev–Trinajstić information content (AvgIpc) is 2.88. The van der Waals surface area contributed by atoms with E-state index >= 15 is 0 Å². The van der Waals surface area contributed by atoms with E-state index in [1.165, 1.54) is 19.3 Å². The first kappa shape index (κ1) is 8.75. The van der Waals surface area contributed by atoms with Gasteiger partial charge in [0.2, 0.25) is 5.28 Å². The number of nitrogens with zero attached hydrogens (tertiary/aromatic N) is 2. The molecule has 4 heteroatoms. The van der Waals surface area contributed by atoms with Crippen LogP contribution in [0.2, 0.25) is 5.28 Å². The van der Waals surface area contributed by atoms with Crippen molar-refractivity contribution in [2.45, 2.75) is 19.3 Å². The highest BCUT2D eigenvalue weighted by Crippen LogP contribution is 2.31. The molecule has 1 aliphatic rings. The third-order valence-corrected chi connectivity index (χ3v) is 2.36. The molecule has 1 aliphatic carbocycles. The minimum atomic E-state index is 0.302. The van der Waals surface area contributed by atoms with Gasteiger partial charge in [0.1, 0.15) is 5.82 Å². The molecule has 0 unspecified atom stereocenters. The molecule has 1 aromatic rings. The number of nitrogens with one attached hydrogen (secondary N) is 1. The molecule has 1 heterocycles. The highest BCUT2D eigenvalue weighted by molar-refractivity contribution is 6.28. The summed E-state index contributed by atoms with van der Waals surface area (Å²) in [5, 5.41) is 3.52. The summed E-state index contributed by atoms with van der Waals surface area (Å²) in [6.07, 6.45) is 5.69. The Morgan fingerprint density at radius 3 is 3.08 bits per heavy atom. The summed E-state index contributed by atoms with van der Waals surface area (Å²) in [4.78, 5) is 7.84. The van der Waals surface area contributed by atoms with E-state index in [1.807, 2.05) is 6.07 Å². The Morgan fingerprint density at radius 1 is 1.54 bits per heavy atom. The third-order valence-electron chi connectivity index (χ3n) is 2.18. The zero-order valence-electron chi connectivity index (χ0n) is 7.33. The Bertz CT molecular complexity index is 286. The van der Waals surface area contributed by atoms with E-state index in [2.05, 4.69) is 15.3 Å². The van der Waals surface area contributed by atoms with Crippen molar-refractivity contribution in [2.75, 3.05) is 11.9 Å². The van der Waals surface area contributed by atoms with Crippen LogP contribution in [-0.4, -0.2) is 16.5 Å². The molecule has 0 spiro atoms. The molecular formula is C9H12ClN3. The topological polar surface area (TPSA) is 37.8 Å². The number of rotatable bonds is 4. The fourth-order valence-electron chi connectivity index (χ4n) is 1.24. The van der Waals surface area contributed by atoms with E-state index in [0.717, 1.165) is 18.3 Å². The molecule has 1 saturated carbocycles. The number of aromatic nitrogens is 2. The van der Waals surface area contributed by atoms with Gasteiger partial charge in [-0.2, -0.15) is 0 Å². The van der Waals surface area contributed by atoms with Gasteiger partial charge >= 0.3 is 0 Å². The first-order valence-corrected chi connectivity index (χ1v) is 4.95. The van der Waals surface area contributed by atoms with Gasteiger partial charge in [0, 0.05) is 12.7 Å². The third kappa shape index (κ3) is 2.84. The first-order valence-electron chi connectivity index (χ1n) is 4.57. The maximum Gasteiger partial charge on any atom is 0.224 e. The zero-order valence-corrected chi connectivity index (χ0v) is 8.09. The standard InChI is InChI=1S/C9H12ClN3/c10-9-12-6-4-8(13-9)11-5-3-7-1-2-7/h4,6-7H,1-3,5H2,(H,11,12,13). The van der Waals surface area contributed by atoms with E-state index in [4.69, 9.17) is 11.6 Å². The lowest BCUT2D eigenvalue weighted by Crippen LogP contribution is -2.04. The van der Waals surface area contributed by atoms with Crippen molar-refractivity contribution >= 4 is 17.4 Å². The molecule has 0 atom stereocenters. The summed E-state index contributed by atoms with van der Waals surface area (Å²) in [7, 11) is 0. The SMILES string of the molecule is Clc1nccc(NCCC2CC2)n1. The lowest BCUT2D eigenvalue weighted by atomic mass is 10.3. The second kappa shape index (κ2) is 3.92. The smallest absolute Gasteiger partial charge is 0.224 e. The molecule has 0 bridgehead atoms. The van der Waals surface area contributed by atoms with Crippen LogP contribution >= 0.6 is 11.6 Å². The van der Waals surface area contributed by atoms with Crippen LogP contribution in [0, 0.1) is 5.92 Å². The van der Waals surface area contributed by atoms with Gasteiger partial charge in [0.05, 0.1) is 0 Å². The maximum atomic E-state index is 5.64. The number of hydrogen-bond donors (Lipinski definition) is 1. The molecule has 1 fully saturated rings. The molecule has 0 aliphatic heterocycles. The van der Waals surface area contributed by atoms with E-state index in [-0.39, 0.29) is 0 Å². The Balaban J connectivity index is 1.79. The fourth-order valence-corrected chi connectivity index (χ4v) is 1.39. The van der Waals surface area contributed by atoms with Crippen LogP contribution in [0.15, 0.2) is 12.3 Å². The molecular weight excluding hydrogens is 186 g/mol. The van der Waals surface area contributed by atoms with Crippen molar-refractivity contribution in [1.82, 2.24) is 9.97 Å².